The summed E-state index contributed by atoms with van der Waals surface area (Å²) in [6, 6.07) is 5.81. The quantitative estimate of drug-likeness (QED) is 0.793. The molecule has 2 atom stereocenters. The Hall–Kier alpha value is -1.16. The van der Waals surface area contributed by atoms with E-state index in [9.17, 15) is 4.79 Å². The van der Waals surface area contributed by atoms with Gasteiger partial charge in [0.2, 0.25) is 0 Å². The van der Waals surface area contributed by atoms with Crippen molar-refractivity contribution in [2.45, 2.75) is 32.1 Å². The number of hydrogen-bond donors (Lipinski definition) is 1. The molecule has 3 nitrogen and oxygen atoms in total. The number of benzene rings is 1. The van der Waals surface area contributed by atoms with Gasteiger partial charge in [-0.2, -0.15) is 11.8 Å². The second-order valence-corrected chi connectivity index (χ2v) is 6.37. The monoisotopic (exact) mass is 264 g/mol. The molecule has 1 heterocycles. The Morgan fingerprint density at radius 1 is 1.44 bits per heavy atom. The third-order valence-corrected chi connectivity index (χ3v) is 5.00. The van der Waals surface area contributed by atoms with Crippen molar-refractivity contribution >= 4 is 23.4 Å². The van der Waals surface area contributed by atoms with Crippen molar-refractivity contribution in [3.63, 3.8) is 0 Å². The van der Waals surface area contributed by atoms with Gasteiger partial charge in [0, 0.05) is 34.8 Å². The molecule has 98 valence electrons. The van der Waals surface area contributed by atoms with Crippen molar-refractivity contribution < 1.29 is 4.79 Å². The van der Waals surface area contributed by atoms with Gasteiger partial charge in [-0.3, -0.25) is 4.79 Å². The summed E-state index contributed by atoms with van der Waals surface area (Å²) >= 11 is 1.93. The topological polar surface area (TPSA) is 46.3 Å². The van der Waals surface area contributed by atoms with Gasteiger partial charge in [0.25, 0.3) is 5.91 Å². The smallest absolute Gasteiger partial charge is 0.254 e. The molecular formula is C14H20N2OS. The Morgan fingerprint density at radius 3 is 2.83 bits per heavy atom. The van der Waals surface area contributed by atoms with Crippen molar-refractivity contribution in [1.82, 2.24) is 4.90 Å². The van der Waals surface area contributed by atoms with E-state index in [2.05, 4.69) is 13.8 Å². The molecule has 1 aromatic rings. The summed E-state index contributed by atoms with van der Waals surface area (Å²) in [5.74, 6) is 1.14. The van der Waals surface area contributed by atoms with E-state index in [0.29, 0.717) is 5.25 Å². The normalized spacial score (nSPS) is 24.1. The molecule has 1 aliphatic heterocycles. The van der Waals surface area contributed by atoms with Gasteiger partial charge >= 0.3 is 0 Å². The fraction of sp³-hybridized carbons (Fsp3) is 0.500. The lowest BCUT2D eigenvalue weighted by Gasteiger charge is -2.37. The maximum Gasteiger partial charge on any atom is 0.254 e. The Bertz CT molecular complexity index is 461. The van der Waals surface area contributed by atoms with E-state index in [4.69, 9.17) is 5.73 Å². The predicted octanol–water partition coefficient (Wildman–Crippen LogP) is 2.54. The number of anilines is 1. The van der Waals surface area contributed by atoms with Gasteiger partial charge < -0.3 is 10.6 Å². The highest BCUT2D eigenvalue weighted by atomic mass is 32.2. The van der Waals surface area contributed by atoms with Gasteiger partial charge in [-0.15, -0.1) is 0 Å². The van der Waals surface area contributed by atoms with Gasteiger partial charge in [-0.1, -0.05) is 6.92 Å². The zero-order valence-corrected chi connectivity index (χ0v) is 12.0. The van der Waals surface area contributed by atoms with Crippen molar-refractivity contribution in [2.75, 3.05) is 18.0 Å². The lowest BCUT2D eigenvalue weighted by atomic mass is 10.1. The summed E-state index contributed by atoms with van der Waals surface area (Å²) in [4.78, 5) is 14.5. The Labute approximate surface area is 113 Å². The molecule has 0 saturated carbocycles. The minimum atomic E-state index is 0.123. The SMILES string of the molecule is Cc1cc(C(=O)N2CCSC(C)C2C)ccc1N. The number of hydrogen-bond acceptors (Lipinski definition) is 3. The molecule has 0 aromatic heterocycles. The number of rotatable bonds is 1. The summed E-state index contributed by atoms with van der Waals surface area (Å²) < 4.78 is 0. The molecule has 1 amide bonds. The van der Waals surface area contributed by atoms with Crippen LogP contribution in [-0.4, -0.2) is 34.4 Å². The van der Waals surface area contributed by atoms with E-state index in [1.807, 2.05) is 41.8 Å². The van der Waals surface area contributed by atoms with Crippen LogP contribution in [0.3, 0.4) is 0 Å². The molecule has 1 aromatic carbocycles. The number of nitrogens with two attached hydrogens (primary N) is 1. The average Bonchev–Trinajstić information content (AvgIpc) is 2.35. The van der Waals surface area contributed by atoms with E-state index in [0.717, 1.165) is 29.1 Å². The van der Waals surface area contributed by atoms with Crippen molar-refractivity contribution in [2.24, 2.45) is 0 Å². The van der Waals surface area contributed by atoms with Gasteiger partial charge in [-0.05, 0) is 37.6 Å². The number of nitrogen functional groups attached to an aromatic ring is 1. The third-order valence-electron chi connectivity index (χ3n) is 3.66. The number of carbonyl (C=O) groups excluding carboxylic acids is 1. The molecule has 1 fully saturated rings. The molecule has 1 saturated heterocycles. The van der Waals surface area contributed by atoms with Gasteiger partial charge in [0.05, 0.1) is 0 Å². The molecule has 4 heteroatoms. The predicted molar refractivity (Wildman–Crippen MR) is 78.0 cm³/mol. The van der Waals surface area contributed by atoms with Gasteiger partial charge in [0.1, 0.15) is 0 Å². The minimum Gasteiger partial charge on any atom is -0.399 e. The number of thioether (sulfide) groups is 1. The van der Waals surface area contributed by atoms with Crippen LogP contribution in [0.15, 0.2) is 18.2 Å². The second kappa shape index (κ2) is 5.22. The zero-order valence-electron chi connectivity index (χ0n) is 11.1. The molecular weight excluding hydrogens is 244 g/mol. The molecule has 0 aliphatic carbocycles. The summed E-state index contributed by atoms with van der Waals surface area (Å²) in [6.07, 6.45) is 0. The van der Waals surface area contributed by atoms with Gasteiger partial charge in [0.15, 0.2) is 0 Å². The minimum absolute atomic E-state index is 0.123. The first-order chi connectivity index (χ1) is 8.50. The fourth-order valence-corrected chi connectivity index (χ4v) is 3.29. The van der Waals surface area contributed by atoms with Crippen LogP contribution < -0.4 is 5.73 Å². The van der Waals surface area contributed by atoms with Gasteiger partial charge in [-0.25, -0.2) is 0 Å². The van der Waals surface area contributed by atoms with Crippen molar-refractivity contribution in [3.8, 4) is 0 Å². The second-order valence-electron chi connectivity index (χ2n) is 4.89. The first-order valence-corrected chi connectivity index (χ1v) is 7.34. The molecule has 18 heavy (non-hydrogen) atoms. The maximum absolute atomic E-state index is 12.5. The molecule has 2 unspecified atom stereocenters. The van der Waals surface area contributed by atoms with Crippen LogP contribution in [0.5, 0.6) is 0 Å². The van der Waals surface area contributed by atoms with Crippen molar-refractivity contribution in [1.29, 1.82) is 0 Å². The van der Waals surface area contributed by atoms with Crippen molar-refractivity contribution in [3.05, 3.63) is 29.3 Å². The van der Waals surface area contributed by atoms with Crippen LogP contribution in [-0.2, 0) is 0 Å². The summed E-state index contributed by atoms with van der Waals surface area (Å²) in [7, 11) is 0. The highest BCUT2D eigenvalue weighted by Crippen LogP contribution is 2.26. The molecule has 0 spiro atoms. The molecule has 1 aliphatic rings. The van der Waals surface area contributed by atoms with Crippen LogP contribution >= 0.6 is 11.8 Å². The van der Waals surface area contributed by atoms with Crippen LogP contribution in [0, 0.1) is 6.92 Å². The molecule has 0 bridgehead atoms. The first-order valence-electron chi connectivity index (χ1n) is 6.29. The van der Waals surface area contributed by atoms with Crippen LogP contribution in [0.2, 0.25) is 0 Å². The van der Waals surface area contributed by atoms with E-state index in [1.165, 1.54) is 0 Å². The standard InChI is InChI=1S/C14H20N2OS/c1-9-8-12(4-5-13(9)15)14(17)16-6-7-18-11(3)10(16)2/h4-5,8,10-11H,6-7,15H2,1-3H3. The highest BCUT2D eigenvalue weighted by molar-refractivity contribution is 8.00. The summed E-state index contributed by atoms with van der Waals surface area (Å²) in [6.45, 7) is 7.07. The Balaban J connectivity index is 2.22. The molecule has 0 radical (unpaired) electrons. The molecule has 2 N–H and O–H groups in total. The van der Waals surface area contributed by atoms with Crippen LogP contribution in [0.25, 0.3) is 0 Å². The molecule has 2 rings (SSSR count). The zero-order chi connectivity index (χ0) is 13.3. The maximum atomic E-state index is 12.5. The van der Waals surface area contributed by atoms with E-state index in [1.54, 1.807) is 0 Å². The van der Waals surface area contributed by atoms with E-state index in [-0.39, 0.29) is 11.9 Å². The highest BCUT2D eigenvalue weighted by Gasteiger charge is 2.29. The van der Waals surface area contributed by atoms with E-state index < -0.39 is 0 Å². The third kappa shape index (κ3) is 2.48. The number of aryl methyl sites for hydroxylation is 1. The van der Waals surface area contributed by atoms with Crippen LogP contribution in [0.1, 0.15) is 29.8 Å². The van der Waals surface area contributed by atoms with E-state index >= 15 is 0 Å². The average molecular weight is 264 g/mol. The summed E-state index contributed by atoms with van der Waals surface area (Å²) in [5.41, 5.74) is 8.24. The number of nitrogens with zero attached hydrogens (tertiary/aromatic N) is 1. The number of amides is 1. The Kier molecular flexibility index (Phi) is 3.85. The Morgan fingerprint density at radius 2 is 2.17 bits per heavy atom. The summed E-state index contributed by atoms with van der Waals surface area (Å²) in [5, 5.41) is 0.498. The number of carbonyl (C=O) groups is 1. The fourth-order valence-electron chi connectivity index (χ4n) is 2.19. The largest absolute Gasteiger partial charge is 0.399 e. The first kappa shape index (κ1) is 13.3. The lowest BCUT2D eigenvalue weighted by molar-refractivity contribution is 0.0698. The van der Waals surface area contributed by atoms with Crippen LogP contribution in [0.4, 0.5) is 5.69 Å². The lowest BCUT2D eigenvalue weighted by Crippen LogP contribution is -2.47.